The molecule has 0 aliphatic carbocycles. The molecule has 2 rings (SSSR count). The van der Waals surface area contributed by atoms with Crippen LogP contribution in [-0.2, 0) is 0 Å². The first-order valence-electron chi connectivity index (χ1n) is 4.71. The first-order chi connectivity index (χ1) is 8.06. The van der Waals surface area contributed by atoms with Crippen molar-refractivity contribution in [3.8, 4) is 0 Å². The summed E-state index contributed by atoms with van der Waals surface area (Å²) in [5, 5.41) is 16.4. The SMILES string of the molecule is NC1=N[C@@H](c2ccc([N+](=O)[O-])cc2)NC(=S)N1. The molecular weight excluding hydrogens is 242 g/mol. The standard InChI is InChI=1S/C9H9N5O2S/c10-8-11-7(12-9(17)13-8)5-1-3-6(4-2-5)14(15)16/h1-4,7H,(H4,10,11,12,13,17)/t7-/m1/s1. The first-order valence-corrected chi connectivity index (χ1v) is 5.12. The minimum Gasteiger partial charge on any atom is -0.370 e. The quantitative estimate of drug-likeness (QED) is 0.399. The Morgan fingerprint density at radius 3 is 2.59 bits per heavy atom. The van der Waals surface area contributed by atoms with Gasteiger partial charge in [0.2, 0.25) is 0 Å². The number of nitrogens with two attached hydrogens (primary N) is 1. The van der Waals surface area contributed by atoms with Gasteiger partial charge in [0.05, 0.1) is 4.92 Å². The van der Waals surface area contributed by atoms with Gasteiger partial charge in [0, 0.05) is 12.1 Å². The Morgan fingerprint density at radius 2 is 2.06 bits per heavy atom. The van der Waals surface area contributed by atoms with E-state index in [9.17, 15) is 10.1 Å². The second kappa shape index (κ2) is 4.34. The minimum absolute atomic E-state index is 0.0298. The number of non-ortho nitro benzene ring substituents is 1. The van der Waals surface area contributed by atoms with Gasteiger partial charge >= 0.3 is 0 Å². The van der Waals surface area contributed by atoms with Crippen molar-refractivity contribution in [1.29, 1.82) is 0 Å². The van der Waals surface area contributed by atoms with Crippen LogP contribution < -0.4 is 16.4 Å². The topological polar surface area (TPSA) is 106 Å². The monoisotopic (exact) mass is 251 g/mol. The van der Waals surface area contributed by atoms with Crippen LogP contribution in [0, 0.1) is 10.1 Å². The number of nitro groups is 1. The van der Waals surface area contributed by atoms with Crippen LogP contribution in [0.4, 0.5) is 5.69 Å². The summed E-state index contributed by atoms with van der Waals surface area (Å²) < 4.78 is 0. The normalized spacial score (nSPS) is 18.9. The lowest BCUT2D eigenvalue weighted by atomic mass is 10.1. The Morgan fingerprint density at radius 1 is 1.41 bits per heavy atom. The Bertz CT molecular complexity index is 499. The lowest BCUT2D eigenvalue weighted by Gasteiger charge is -2.22. The molecule has 0 aromatic heterocycles. The molecule has 0 unspecified atom stereocenters. The fourth-order valence-corrected chi connectivity index (χ4v) is 1.63. The van der Waals surface area contributed by atoms with Crippen molar-refractivity contribution in [3.63, 3.8) is 0 Å². The van der Waals surface area contributed by atoms with Gasteiger partial charge in [-0.3, -0.25) is 10.1 Å². The summed E-state index contributed by atoms with van der Waals surface area (Å²) in [6, 6.07) is 6.04. The maximum atomic E-state index is 10.5. The van der Waals surface area contributed by atoms with E-state index in [4.69, 9.17) is 18.0 Å². The second-order valence-corrected chi connectivity index (χ2v) is 3.77. The van der Waals surface area contributed by atoms with Gasteiger partial charge in [-0.15, -0.1) is 0 Å². The molecule has 7 nitrogen and oxygen atoms in total. The van der Waals surface area contributed by atoms with Gasteiger partial charge in [-0.25, -0.2) is 4.99 Å². The first kappa shape index (κ1) is 11.3. The summed E-state index contributed by atoms with van der Waals surface area (Å²) in [7, 11) is 0. The molecule has 1 aliphatic rings. The number of benzene rings is 1. The van der Waals surface area contributed by atoms with Crippen LogP contribution in [0.5, 0.6) is 0 Å². The Hall–Kier alpha value is -2.22. The van der Waals surface area contributed by atoms with Crippen molar-refractivity contribution in [1.82, 2.24) is 10.6 Å². The van der Waals surface area contributed by atoms with Crippen LogP contribution in [0.2, 0.25) is 0 Å². The lowest BCUT2D eigenvalue weighted by Crippen LogP contribution is -2.49. The Balaban J connectivity index is 2.25. The van der Waals surface area contributed by atoms with Crippen LogP contribution in [0.1, 0.15) is 11.7 Å². The summed E-state index contributed by atoms with van der Waals surface area (Å²) >= 11 is 4.94. The van der Waals surface area contributed by atoms with E-state index in [1.807, 2.05) is 0 Å². The van der Waals surface area contributed by atoms with Crippen molar-refractivity contribution in [2.75, 3.05) is 0 Å². The molecule has 0 bridgehead atoms. The number of thiocarbonyl (C=S) groups is 1. The number of aliphatic imine (C=N–C) groups is 1. The smallest absolute Gasteiger partial charge is 0.269 e. The van der Waals surface area contributed by atoms with Gasteiger partial charge in [-0.1, -0.05) is 0 Å². The average molecular weight is 251 g/mol. The Labute approximate surface area is 102 Å². The van der Waals surface area contributed by atoms with E-state index in [1.54, 1.807) is 12.1 Å². The molecule has 17 heavy (non-hydrogen) atoms. The van der Waals surface area contributed by atoms with E-state index < -0.39 is 11.1 Å². The molecule has 0 radical (unpaired) electrons. The third kappa shape index (κ3) is 2.48. The highest BCUT2D eigenvalue weighted by molar-refractivity contribution is 7.80. The highest BCUT2D eigenvalue weighted by Crippen LogP contribution is 2.19. The Kier molecular flexibility index (Phi) is 2.88. The summed E-state index contributed by atoms with van der Waals surface area (Å²) in [6.07, 6.45) is -0.412. The van der Waals surface area contributed by atoms with Crippen LogP contribution in [0.3, 0.4) is 0 Å². The van der Waals surface area contributed by atoms with Gasteiger partial charge in [-0.05, 0) is 29.9 Å². The summed E-state index contributed by atoms with van der Waals surface area (Å²) in [4.78, 5) is 14.1. The predicted octanol–water partition coefficient (Wildman–Crippen LogP) is 0.386. The van der Waals surface area contributed by atoms with Crippen LogP contribution >= 0.6 is 12.2 Å². The van der Waals surface area contributed by atoms with Crippen molar-refractivity contribution in [2.45, 2.75) is 6.17 Å². The molecule has 0 amide bonds. The number of nitrogens with zero attached hydrogens (tertiary/aromatic N) is 2. The molecule has 4 N–H and O–H groups in total. The molecule has 1 atom stereocenters. The second-order valence-electron chi connectivity index (χ2n) is 3.36. The van der Waals surface area contributed by atoms with E-state index >= 15 is 0 Å². The van der Waals surface area contributed by atoms with Crippen molar-refractivity contribution >= 4 is 29.0 Å². The van der Waals surface area contributed by atoms with Crippen molar-refractivity contribution in [2.24, 2.45) is 10.7 Å². The largest absolute Gasteiger partial charge is 0.370 e. The minimum atomic E-state index is -0.456. The lowest BCUT2D eigenvalue weighted by molar-refractivity contribution is -0.384. The fraction of sp³-hybridized carbons (Fsp3) is 0.111. The van der Waals surface area contributed by atoms with E-state index in [0.29, 0.717) is 5.11 Å². The number of guanidine groups is 1. The number of nitro benzene ring substituents is 1. The van der Waals surface area contributed by atoms with E-state index in [1.165, 1.54) is 12.1 Å². The molecular formula is C9H9N5O2S. The van der Waals surface area contributed by atoms with Gasteiger partial charge in [0.25, 0.3) is 5.69 Å². The molecule has 0 fully saturated rings. The molecule has 1 aromatic rings. The third-order valence-electron chi connectivity index (χ3n) is 2.20. The zero-order valence-electron chi connectivity index (χ0n) is 8.58. The maximum Gasteiger partial charge on any atom is 0.269 e. The third-order valence-corrected chi connectivity index (χ3v) is 2.42. The van der Waals surface area contributed by atoms with Crippen LogP contribution in [-0.4, -0.2) is 16.0 Å². The summed E-state index contributed by atoms with van der Waals surface area (Å²) in [5.41, 5.74) is 6.32. The van der Waals surface area contributed by atoms with Crippen molar-refractivity contribution in [3.05, 3.63) is 39.9 Å². The van der Waals surface area contributed by atoms with Crippen molar-refractivity contribution < 1.29 is 4.92 Å². The molecule has 1 aliphatic heterocycles. The summed E-state index contributed by atoms with van der Waals surface area (Å²) in [5.74, 6) is 0.220. The molecule has 0 saturated carbocycles. The predicted molar refractivity (Wildman–Crippen MR) is 66.3 cm³/mol. The number of rotatable bonds is 2. The van der Waals surface area contributed by atoms with Crippen LogP contribution in [0.25, 0.3) is 0 Å². The summed E-state index contributed by atoms with van der Waals surface area (Å²) in [6.45, 7) is 0. The maximum absolute atomic E-state index is 10.5. The van der Waals surface area contributed by atoms with Gasteiger partial charge < -0.3 is 16.4 Å². The fourth-order valence-electron chi connectivity index (χ4n) is 1.42. The number of hydrogen-bond donors (Lipinski definition) is 3. The molecule has 8 heteroatoms. The molecule has 88 valence electrons. The molecule has 0 spiro atoms. The zero-order valence-corrected chi connectivity index (χ0v) is 9.40. The van der Waals surface area contributed by atoms with E-state index in [0.717, 1.165) is 5.56 Å². The van der Waals surface area contributed by atoms with E-state index in [-0.39, 0.29) is 11.6 Å². The average Bonchev–Trinajstić information content (AvgIpc) is 2.28. The van der Waals surface area contributed by atoms with Gasteiger partial charge in [0.15, 0.2) is 11.1 Å². The molecule has 0 saturated heterocycles. The number of nitrogens with one attached hydrogen (secondary N) is 2. The zero-order chi connectivity index (χ0) is 12.4. The highest BCUT2D eigenvalue weighted by Gasteiger charge is 2.17. The van der Waals surface area contributed by atoms with Crippen LogP contribution in [0.15, 0.2) is 29.3 Å². The van der Waals surface area contributed by atoms with Gasteiger partial charge in [-0.2, -0.15) is 0 Å². The van der Waals surface area contributed by atoms with Gasteiger partial charge in [0.1, 0.15) is 6.17 Å². The number of hydrogen-bond acceptors (Lipinski definition) is 5. The molecule has 1 heterocycles. The highest BCUT2D eigenvalue weighted by atomic mass is 32.1. The molecule has 1 aromatic carbocycles. The van der Waals surface area contributed by atoms with E-state index in [2.05, 4.69) is 15.6 Å².